The lowest BCUT2D eigenvalue weighted by molar-refractivity contribution is -0.116. The third-order valence-electron chi connectivity index (χ3n) is 4.54. The van der Waals surface area contributed by atoms with Crippen LogP contribution in [0.25, 0.3) is 11.3 Å². The third kappa shape index (κ3) is 2.65. The fraction of sp³-hybridized carbons (Fsp3) is 0.211. The van der Waals surface area contributed by atoms with Gasteiger partial charge < -0.3 is 9.73 Å². The Balaban J connectivity index is 1.67. The van der Waals surface area contributed by atoms with Gasteiger partial charge in [0.05, 0.1) is 12.1 Å². The molecule has 0 spiro atoms. The van der Waals surface area contributed by atoms with Crippen molar-refractivity contribution in [1.82, 2.24) is 9.78 Å². The second kappa shape index (κ2) is 5.73. The molecule has 1 atom stereocenters. The molecule has 1 aromatic carbocycles. The molecule has 126 valence electrons. The number of carbonyl (C=O) groups is 2. The first kappa shape index (κ1) is 15.4. The van der Waals surface area contributed by atoms with Crippen molar-refractivity contribution in [2.45, 2.75) is 19.3 Å². The second-order valence-corrected chi connectivity index (χ2v) is 6.21. The zero-order valence-electron chi connectivity index (χ0n) is 13.9. The van der Waals surface area contributed by atoms with Gasteiger partial charge in [-0.2, -0.15) is 5.10 Å². The molecule has 0 bridgehead atoms. The van der Waals surface area contributed by atoms with Crippen molar-refractivity contribution in [1.29, 1.82) is 0 Å². The number of carbonyl (C=O) groups excluding carboxylic acids is 2. The van der Waals surface area contributed by atoms with E-state index < -0.39 is 0 Å². The molecule has 2 aromatic heterocycles. The Hall–Kier alpha value is -3.15. The number of furan rings is 1. The monoisotopic (exact) mass is 335 g/mol. The molecule has 0 unspecified atom stereocenters. The maximum atomic E-state index is 12.0. The van der Waals surface area contributed by atoms with Crippen LogP contribution in [0.15, 0.2) is 47.0 Å². The van der Waals surface area contributed by atoms with Crippen molar-refractivity contribution in [3.8, 4) is 11.3 Å². The summed E-state index contributed by atoms with van der Waals surface area (Å²) in [6, 6.07) is 11.1. The second-order valence-electron chi connectivity index (χ2n) is 6.21. The number of rotatable bonds is 3. The standard InChI is InChI=1S/C19H17N3O3/c1-11(23)12-3-5-13(6-4-12)16-7-8-17(25-16)14-9-18(24)21-19-15(14)10-20-22(19)2/h3-8,10,14H,9H2,1-2H3,(H,21,24)/t14-/m0/s1. The Morgan fingerprint density at radius 1 is 1.24 bits per heavy atom. The fourth-order valence-electron chi connectivity index (χ4n) is 3.16. The van der Waals surface area contributed by atoms with Crippen LogP contribution in [-0.2, 0) is 11.8 Å². The number of Topliss-reactive ketones (excluding diaryl/α,β-unsaturated/α-hetero) is 1. The molecule has 3 aromatic rings. The highest BCUT2D eigenvalue weighted by atomic mass is 16.3. The lowest BCUT2D eigenvalue weighted by Crippen LogP contribution is -2.24. The summed E-state index contributed by atoms with van der Waals surface area (Å²) >= 11 is 0. The van der Waals surface area contributed by atoms with Crippen LogP contribution in [0.2, 0.25) is 0 Å². The molecule has 25 heavy (non-hydrogen) atoms. The van der Waals surface area contributed by atoms with Crippen molar-refractivity contribution in [2.24, 2.45) is 7.05 Å². The van der Waals surface area contributed by atoms with Crippen molar-refractivity contribution >= 4 is 17.5 Å². The summed E-state index contributed by atoms with van der Waals surface area (Å²) in [5.74, 6) is 1.98. The Kier molecular flexibility index (Phi) is 3.53. The van der Waals surface area contributed by atoms with Crippen LogP contribution in [-0.4, -0.2) is 21.5 Å². The average Bonchev–Trinajstić information content (AvgIpc) is 3.22. The lowest BCUT2D eigenvalue weighted by Gasteiger charge is -2.21. The first-order valence-electron chi connectivity index (χ1n) is 8.06. The normalized spacial score (nSPS) is 16.4. The van der Waals surface area contributed by atoms with Gasteiger partial charge in [0.1, 0.15) is 17.3 Å². The number of fused-ring (bicyclic) bond motifs is 1. The number of hydrogen-bond acceptors (Lipinski definition) is 4. The minimum Gasteiger partial charge on any atom is -0.460 e. The number of ketones is 1. The average molecular weight is 335 g/mol. The molecule has 0 saturated heterocycles. The van der Waals surface area contributed by atoms with Crippen LogP contribution in [0, 0.1) is 0 Å². The van der Waals surface area contributed by atoms with E-state index in [9.17, 15) is 9.59 Å². The van der Waals surface area contributed by atoms with E-state index in [1.54, 1.807) is 37.0 Å². The van der Waals surface area contributed by atoms with Crippen molar-refractivity contribution in [3.05, 3.63) is 59.5 Å². The molecule has 0 saturated carbocycles. The lowest BCUT2D eigenvalue weighted by atomic mass is 9.92. The zero-order valence-corrected chi connectivity index (χ0v) is 13.9. The molecule has 1 N–H and O–H groups in total. The summed E-state index contributed by atoms with van der Waals surface area (Å²) < 4.78 is 7.68. The van der Waals surface area contributed by atoms with Gasteiger partial charge in [0, 0.05) is 30.2 Å². The number of aryl methyl sites for hydroxylation is 1. The molecular formula is C19H17N3O3. The SMILES string of the molecule is CC(=O)c1ccc(-c2ccc([C@H]3CC(=O)Nc4c3cnn4C)o2)cc1. The molecule has 4 rings (SSSR count). The zero-order chi connectivity index (χ0) is 17.6. The van der Waals surface area contributed by atoms with Crippen LogP contribution >= 0.6 is 0 Å². The van der Waals surface area contributed by atoms with Crippen LogP contribution in [0.3, 0.4) is 0 Å². The van der Waals surface area contributed by atoms with Gasteiger partial charge in [-0.15, -0.1) is 0 Å². The molecule has 6 heteroatoms. The van der Waals surface area contributed by atoms with Gasteiger partial charge in [0.2, 0.25) is 5.91 Å². The van der Waals surface area contributed by atoms with E-state index in [0.29, 0.717) is 23.6 Å². The number of amides is 1. The van der Waals surface area contributed by atoms with Gasteiger partial charge >= 0.3 is 0 Å². The predicted molar refractivity (Wildman–Crippen MR) is 92.4 cm³/mol. The van der Waals surface area contributed by atoms with Crippen molar-refractivity contribution < 1.29 is 14.0 Å². The first-order valence-corrected chi connectivity index (χ1v) is 8.06. The predicted octanol–water partition coefficient (Wildman–Crippen LogP) is 3.36. The fourth-order valence-corrected chi connectivity index (χ4v) is 3.16. The van der Waals surface area contributed by atoms with Gasteiger partial charge in [0.25, 0.3) is 0 Å². The summed E-state index contributed by atoms with van der Waals surface area (Å²) in [5, 5.41) is 7.08. The molecule has 1 amide bonds. The van der Waals surface area contributed by atoms with Crippen LogP contribution in [0.4, 0.5) is 5.82 Å². The van der Waals surface area contributed by atoms with E-state index in [1.165, 1.54) is 0 Å². The Morgan fingerprint density at radius 3 is 2.72 bits per heavy atom. The summed E-state index contributed by atoms with van der Waals surface area (Å²) in [7, 11) is 1.80. The molecular weight excluding hydrogens is 318 g/mol. The molecule has 0 fully saturated rings. The van der Waals surface area contributed by atoms with E-state index in [0.717, 1.165) is 16.9 Å². The Bertz CT molecular complexity index is 966. The quantitative estimate of drug-likeness (QED) is 0.745. The van der Waals surface area contributed by atoms with Gasteiger partial charge in [-0.1, -0.05) is 24.3 Å². The molecule has 1 aliphatic rings. The summed E-state index contributed by atoms with van der Waals surface area (Å²) in [6.07, 6.45) is 2.10. The number of hydrogen-bond donors (Lipinski definition) is 1. The number of aromatic nitrogens is 2. The number of nitrogens with zero attached hydrogens (tertiary/aromatic N) is 2. The molecule has 3 heterocycles. The van der Waals surface area contributed by atoms with Crippen LogP contribution < -0.4 is 5.32 Å². The van der Waals surface area contributed by atoms with Gasteiger partial charge in [0.15, 0.2) is 5.78 Å². The molecule has 1 aliphatic heterocycles. The van der Waals surface area contributed by atoms with Crippen LogP contribution in [0.5, 0.6) is 0 Å². The number of anilines is 1. The summed E-state index contributed by atoms with van der Waals surface area (Å²) in [4.78, 5) is 23.4. The van der Waals surface area contributed by atoms with E-state index >= 15 is 0 Å². The van der Waals surface area contributed by atoms with Gasteiger partial charge in [-0.3, -0.25) is 14.3 Å². The highest BCUT2D eigenvalue weighted by Crippen LogP contribution is 2.38. The van der Waals surface area contributed by atoms with E-state index in [2.05, 4.69) is 10.4 Å². The van der Waals surface area contributed by atoms with Crippen molar-refractivity contribution in [2.75, 3.05) is 5.32 Å². The molecule has 0 aliphatic carbocycles. The van der Waals surface area contributed by atoms with E-state index in [-0.39, 0.29) is 17.6 Å². The highest BCUT2D eigenvalue weighted by Gasteiger charge is 2.31. The Morgan fingerprint density at radius 2 is 2.00 bits per heavy atom. The minimum atomic E-state index is -0.150. The summed E-state index contributed by atoms with van der Waals surface area (Å²) in [6.45, 7) is 1.54. The Labute approximate surface area is 144 Å². The number of nitrogens with one attached hydrogen (secondary N) is 1. The smallest absolute Gasteiger partial charge is 0.226 e. The highest BCUT2D eigenvalue weighted by molar-refractivity contribution is 5.95. The third-order valence-corrected chi connectivity index (χ3v) is 4.54. The number of benzene rings is 1. The molecule has 6 nitrogen and oxygen atoms in total. The van der Waals surface area contributed by atoms with Crippen molar-refractivity contribution in [3.63, 3.8) is 0 Å². The summed E-state index contributed by atoms with van der Waals surface area (Å²) in [5.41, 5.74) is 2.51. The first-order chi connectivity index (χ1) is 12.0. The van der Waals surface area contributed by atoms with E-state index in [1.807, 2.05) is 24.3 Å². The molecule has 0 radical (unpaired) electrons. The largest absolute Gasteiger partial charge is 0.460 e. The van der Waals surface area contributed by atoms with Gasteiger partial charge in [-0.25, -0.2) is 0 Å². The van der Waals surface area contributed by atoms with Gasteiger partial charge in [-0.05, 0) is 19.1 Å². The van der Waals surface area contributed by atoms with Crippen LogP contribution in [0.1, 0.15) is 40.9 Å². The topological polar surface area (TPSA) is 77.1 Å². The minimum absolute atomic E-state index is 0.0315. The van der Waals surface area contributed by atoms with E-state index in [4.69, 9.17) is 4.42 Å². The maximum absolute atomic E-state index is 12.0. The maximum Gasteiger partial charge on any atom is 0.226 e.